The van der Waals surface area contributed by atoms with Gasteiger partial charge in [0.2, 0.25) is 5.91 Å². The molecule has 3 unspecified atom stereocenters. The van der Waals surface area contributed by atoms with Crippen molar-refractivity contribution in [2.75, 3.05) is 19.8 Å². The second kappa shape index (κ2) is 27.1. The van der Waals surface area contributed by atoms with Crippen LogP contribution in [-0.2, 0) is 32.7 Å². The van der Waals surface area contributed by atoms with Gasteiger partial charge in [-0.25, -0.2) is 9.36 Å². The Morgan fingerprint density at radius 1 is 0.690 bits per heavy atom. The largest absolute Gasteiger partial charge is 0.480 e. The average Bonchev–Trinajstić information content (AvgIpc) is 2.96. The van der Waals surface area contributed by atoms with Crippen molar-refractivity contribution >= 4 is 25.7 Å². The Labute approximate surface area is 253 Å². The number of aliphatic carboxylic acids is 1. The first-order chi connectivity index (χ1) is 20.1. The monoisotopic (exact) mass is 623 g/mol. The van der Waals surface area contributed by atoms with Gasteiger partial charge in [-0.2, -0.15) is 0 Å². The Hall–Kier alpha value is -1.52. The number of amides is 1. The van der Waals surface area contributed by atoms with Crippen molar-refractivity contribution in [1.29, 1.82) is 0 Å². The predicted molar refractivity (Wildman–Crippen MR) is 162 cm³/mol. The van der Waals surface area contributed by atoms with E-state index >= 15 is 0 Å². The number of phosphoric acid groups is 1. The number of hydrogen-bond acceptors (Lipinski definition) is 8. The lowest BCUT2D eigenvalue weighted by Gasteiger charge is -2.18. The molecule has 42 heavy (non-hydrogen) atoms. The molecule has 1 amide bonds. The van der Waals surface area contributed by atoms with Crippen LogP contribution in [-0.4, -0.2) is 64.9 Å². The van der Waals surface area contributed by atoms with Crippen molar-refractivity contribution in [3.8, 4) is 0 Å². The van der Waals surface area contributed by atoms with Crippen LogP contribution in [0.4, 0.5) is 0 Å². The number of phosphoric ester groups is 1. The molecule has 12 heteroatoms. The highest BCUT2D eigenvalue weighted by Gasteiger charge is 2.28. The number of aliphatic hydroxyl groups excluding tert-OH is 1. The van der Waals surface area contributed by atoms with E-state index in [0.717, 1.165) is 19.3 Å². The van der Waals surface area contributed by atoms with Gasteiger partial charge in [0.25, 0.3) is 0 Å². The van der Waals surface area contributed by atoms with E-state index in [1.54, 1.807) is 0 Å². The third-order valence-electron chi connectivity index (χ3n) is 6.96. The van der Waals surface area contributed by atoms with E-state index in [-0.39, 0.29) is 12.8 Å². The van der Waals surface area contributed by atoms with E-state index in [2.05, 4.69) is 21.3 Å². The van der Waals surface area contributed by atoms with Gasteiger partial charge in [-0.15, -0.1) is 0 Å². The van der Waals surface area contributed by atoms with E-state index in [9.17, 15) is 28.9 Å². The van der Waals surface area contributed by atoms with Gasteiger partial charge in [0, 0.05) is 12.8 Å². The standard InChI is InChI=1S/C30H58NO10P/c1-3-5-6-7-8-9-10-11-12-13-14-15-16-17-18-19-20-21-22-29(34)39-23-26(32)24-40-42(37,38)41-25-27(30(35)36)31-28(33)4-2/h26-27,32H,3-25H2,1-2H3,(H,31,33)(H,35,36)(H,37,38). The molecule has 0 heterocycles. The normalized spacial score (nSPS) is 14.2. The van der Waals surface area contributed by atoms with E-state index in [4.69, 9.17) is 9.84 Å². The molecule has 0 fully saturated rings. The minimum absolute atomic E-state index is 0.0293. The molecule has 0 rings (SSSR count). The van der Waals surface area contributed by atoms with Crippen LogP contribution in [0.2, 0.25) is 0 Å². The minimum Gasteiger partial charge on any atom is -0.480 e. The predicted octanol–water partition coefficient (Wildman–Crippen LogP) is 6.44. The number of esters is 1. The van der Waals surface area contributed by atoms with Gasteiger partial charge in [0.15, 0.2) is 6.04 Å². The number of hydrogen-bond donors (Lipinski definition) is 4. The number of carboxylic acid groups (broad SMARTS) is 1. The first kappa shape index (κ1) is 40.5. The maximum atomic E-state index is 11.9. The minimum atomic E-state index is -4.70. The van der Waals surface area contributed by atoms with Crippen molar-refractivity contribution < 1.29 is 47.8 Å². The summed E-state index contributed by atoms with van der Waals surface area (Å²) in [4.78, 5) is 44.0. The van der Waals surface area contributed by atoms with E-state index in [1.165, 1.54) is 96.8 Å². The lowest BCUT2D eigenvalue weighted by molar-refractivity contribution is -0.147. The smallest absolute Gasteiger partial charge is 0.472 e. The van der Waals surface area contributed by atoms with Gasteiger partial charge in [0.05, 0.1) is 13.2 Å². The molecule has 0 aliphatic carbocycles. The fourth-order valence-electron chi connectivity index (χ4n) is 4.34. The maximum Gasteiger partial charge on any atom is 0.472 e. The molecule has 0 bridgehead atoms. The summed E-state index contributed by atoms with van der Waals surface area (Å²) in [5.41, 5.74) is 0. The van der Waals surface area contributed by atoms with E-state index in [0.29, 0.717) is 6.42 Å². The summed E-state index contributed by atoms with van der Waals surface area (Å²) in [6.07, 6.45) is 21.6. The van der Waals surface area contributed by atoms with Crippen molar-refractivity contribution in [1.82, 2.24) is 5.32 Å². The number of unbranched alkanes of at least 4 members (excludes halogenated alkanes) is 17. The Balaban J connectivity index is 3.67. The zero-order valence-corrected chi connectivity index (χ0v) is 27.0. The van der Waals surface area contributed by atoms with Crippen molar-refractivity contribution in [2.24, 2.45) is 0 Å². The topological polar surface area (TPSA) is 169 Å². The van der Waals surface area contributed by atoms with Crippen LogP contribution >= 0.6 is 7.82 Å². The molecule has 0 aliphatic heterocycles. The third kappa shape index (κ3) is 26.1. The molecular formula is C30H58NO10P. The highest BCUT2D eigenvalue weighted by molar-refractivity contribution is 7.47. The summed E-state index contributed by atoms with van der Waals surface area (Å²) in [5, 5.41) is 21.1. The van der Waals surface area contributed by atoms with Crippen LogP contribution in [0.3, 0.4) is 0 Å². The van der Waals surface area contributed by atoms with Gasteiger partial charge in [-0.05, 0) is 6.42 Å². The molecule has 3 atom stereocenters. The zero-order valence-electron chi connectivity index (χ0n) is 26.1. The van der Waals surface area contributed by atoms with Crippen LogP contribution in [0, 0.1) is 0 Å². The number of nitrogens with one attached hydrogen (secondary N) is 1. The number of aliphatic hydroxyl groups is 1. The number of carbonyl (C=O) groups excluding carboxylic acids is 2. The molecule has 11 nitrogen and oxygen atoms in total. The first-order valence-corrected chi connectivity index (χ1v) is 17.6. The summed E-state index contributed by atoms with van der Waals surface area (Å²) in [7, 11) is -4.70. The van der Waals surface area contributed by atoms with Crippen LogP contribution in [0.15, 0.2) is 0 Å². The second-order valence-electron chi connectivity index (χ2n) is 11.0. The van der Waals surface area contributed by atoms with Crippen molar-refractivity contribution in [3.05, 3.63) is 0 Å². The fourth-order valence-corrected chi connectivity index (χ4v) is 5.11. The second-order valence-corrected chi connectivity index (χ2v) is 12.4. The quantitative estimate of drug-likeness (QED) is 0.0397. The van der Waals surface area contributed by atoms with Crippen LogP contribution < -0.4 is 5.32 Å². The molecule has 0 saturated carbocycles. The van der Waals surface area contributed by atoms with Gasteiger partial charge in [0.1, 0.15) is 12.7 Å². The van der Waals surface area contributed by atoms with Gasteiger partial charge >= 0.3 is 19.8 Å². The van der Waals surface area contributed by atoms with Gasteiger partial charge in [-0.1, -0.05) is 123 Å². The lowest BCUT2D eigenvalue weighted by atomic mass is 10.0. The first-order valence-electron chi connectivity index (χ1n) is 16.1. The Morgan fingerprint density at radius 2 is 1.12 bits per heavy atom. The number of carbonyl (C=O) groups is 3. The Bertz CT molecular complexity index is 752. The lowest BCUT2D eigenvalue weighted by Crippen LogP contribution is -2.43. The molecule has 248 valence electrons. The van der Waals surface area contributed by atoms with Crippen molar-refractivity contribution in [3.63, 3.8) is 0 Å². The van der Waals surface area contributed by atoms with Crippen molar-refractivity contribution in [2.45, 2.75) is 154 Å². The van der Waals surface area contributed by atoms with Gasteiger partial charge in [-0.3, -0.25) is 18.6 Å². The molecule has 0 aromatic carbocycles. The number of rotatable bonds is 30. The summed E-state index contributed by atoms with van der Waals surface area (Å²) >= 11 is 0. The zero-order chi connectivity index (χ0) is 31.5. The number of carboxylic acids is 1. The van der Waals surface area contributed by atoms with Crippen LogP contribution in [0.5, 0.6) is 0 Å². The summed E-state index contributed by atoms with van der Waals surface area (Å²) < 4.78 is 26.1. The van der Waals surface area contributed by atoms with Crippen LogP contribution in [0.1, 0.15) is 142 Å². The maximum absolute atomic E-state index is 11.9. The molecule has 0 spiro atoms. The Morgan fingerprint density at radius 3 is 1.55 bits per heavy atom. The highest BCUT2D eigenvalue weighted by atomic mass is 31.2. The molecule has 0 aliphatic rings. The summed E-state index contributed by atoms with van der Waals surface area (Å²) in [5.74, 6) is -2.48. The van der Waals surface area contributed by atoms with E-state index < -0.39 is 57.6 Å². The van der Waals surface area contributed by atoms with Crippen LogP contribution in [0.25, 0.3) is 0 Å². The molecule has 0 aromatic heterocycles. The summed E-state index contributed by atoms with van der Waals surface area (Å²) in [6, 6.07) is -1.54. The molecule has 0 radical (unpaired) electrons. The fraction of sp³-hybridized carbons (Fsp3) is 0.900. The highest BCUT2D eigenvalue weighted by Crippen LogP contribution is 2.43. The summed E-state index contributed by atoms with van der Waals surface area (Å²) in [6.45, 7) is 1.89. The van der Waals surface area contributed by atoms with E-state index in [1.807, 2.05) is 0 Å². The Kier molecular flexibility index (Phi) is 26.1. The third-order valence-corrected chi connectivity index (χ3v) is 7.91. The number of ether oxygens (including phenoxy) is 1. The molecule has 0 aromatic rings. The molecule has 4 N–H and O–H groups in total. The SMILES string of the molecule is CCCCCCCCCCCCCCCCCCCCC(=O)OCC(O)COP(=O)(O)OCC(NC(=O)CC)C(=O)O. The molecular weight excluding hydrogens is 565 g/mol. The average molecular weight is 624 g/mol. The molecule has 0 saturated heterocycles. The van der Waals surface area contributed by atoms with Gasteiger partial charge < -0.3 is 25.2 Å².